The van der Waals surface area contributed by atoms with Crippen LogP contribution in [0, 0.1) is 16.7 Å². The molecule has 3 atom stereocenters. The van der Waals surface area contributed by atoms with Gasteiger partial charge in [-0.2, -0.15) is 0 Å². The molecule has 2 fully saturated rings. The highest BCUT2D eigenvalue weighted by Gasteiger charge is 2.57. The number of H-pyrrole nitrogens is 1. The molecule has 4 heterocycles. The van der Waals surface area contributed by atoms with Crippen LogP contribution in [0.25, 0.3) is 22.4 Å². The first kappa shape index (κ1) is 42.3. The van der Waals surface area contributed by atoms with E-state index in [1.165, 1.54) is 17.2 Å². The lowest BCUT2D eigenvalue weighted by Crippen LogP contribution is -2.56. The molecule has 3 amide bonds. The second kappa shape index (κ2) is 15.5. The molecule has 0 spiro atoms. The predicted molar refractivity (Wildman–Crippen MR) is 216 cm³/mol. The number of hydrogen-bond donors (Lipinski definition) is 3. The maximum Gasteiger partial charge on any atom is 0.573 e. The van der Waals surface area contributed by atoms with Gasteiger partial charge < -0.3 is 29.9 Å². The fraction of sp³-hybridized carbons (Fsp3) is 0.452. The number of hydrogen-bond acceptors (Lipinski definition) is 7. The third kappa shape index (κ3) is 8.45. The van der Waals surface area contributed by atoms with Crippen LogP contribution in [0.5, 0.6) is 5.75 Å². The average Bonchev–Trinajstić information content (AvgIpc) is 3.78. The Kier molecular flexibility index (Phi) is 11.3. The van der Waals surface area contributed by atoms with E-state index in [1.54, 1.807) is 42.6 Å². The van der Waals surface area contributed by atoms with Crippen LogP contribution < -0.4 is 15.0 Å². The number of anilines is 2. The Labute approximate surface area is 340 Å². The van der Waals surface area contributed by atoms with Crippen molar-refractivity contribution in [3.8, 4) is 28.1 Å². The SMILES string of the molecule is CC1CN(C(=O)C(C)(C)C)CCN1c1ccc(C(=O)Nc2cc(OC(F)(F)F)c(-c3ccc(-c4c[nH]c([C@@]5(C(C)(C)C)C[C@H](C)CN5C(=O)O)n4)cc3)cc2Cl)cn1. The van der Waals surface area contributed by atoms with Gasteiger partial charge in [0.15, 0.2) is 0 Å². The second-order valence-electron chi connectivity index (χ2n) is 17.3. The number of carbonyl (C=O) groups is 3. The summed E-state index contributed by atoms with van der Waals surface area (Å²) in [5.74, 6) is 0.103. The van der Waals surface area contributed by atoms with Crippen LogP contribution in [-0.4, -0.2) is 86.3 Å². The number of pyridine rings is 1. The van der Waals surface area contributed by atoms with Gasteiger partial charge in [-0.25, -0.2) is 14.8 Å². The monoisotopic (exact) mass is 823 g/mol. The summed E-state index contributed by atoms with van der Waals surface area (Å²) in [5.41, 5.74) is -0.282. The molecule has 12 nitrogen and oxygen atoms in total. The number of halogens is 4. The van der Waals surface area contributed by atoms with Gasteiger partial charge in [-0.15, -0.1) is 13.2 Å². The minimum atomic E-state index is -5.05. The molecule has 16 heteroatoms. The Morgan fingerprint density at radius 2 is 1.64 bits per heavy atom. The van der Waals surface area contributed by atoms with E-state index < -0.39 is 40.5 Å². The summed E-state index contributed by atoms with van der Waals surface area (Å²) in [6.07, 6.45) is -2.43. The zero-order valence-electron chi connectivity index (χ0n) is 33.8. The fourth-order valence-corrected chi connectivity index (χ4v) is 8.32. The minimum Gasteiger partial charge on any atom is -0.465 e. The van der Waals surface area contributed by atoms with E-state index in [9.17, 15) is 32.7 Å². The average molecular weight is 824 g/mol. The molecule has 6 rings (SSSR count). The fourth-order valence-electron chi connectivity index (χ4n) is 8.11. The van der Waals surface area contributed by atoms with Gasteiger partial charge in [0.25, 0.3) is 5.91 Å². The smallest absolute Gasteiger partial charge is 0.465 e. The maximum absolute atomic E-state index is 13.7. The van der Waals surface area contributed by atoms with E-state index >= 15 is 0 Å². The molecule has 310 valence electrons. The molecule has 0 saturated carbocycles. The number of amides is 3. The molecule has 3 N–H and O–H groups in total. The molecule has 0 aliphatic carbocycles. The van der Waals surface area contributed by atoms with Gasteiger partial charge in [-0.3, -0.25) is 14.5 Å². The van der Waals surface area contributed by atoms with E-state index in [4.69, 9.17) is 16.6 Å². The summed E-state index contributed by atoms with van der Waals surface area (Å²) in [4.78, 5) is 56.4. The van der Waals surface area contributed by atoms with E-state index in [-0.39, 0.29) is 39.7 Å². The largest absolute Gasteiger partial charge is 0.573 e. The zero-order chi connectivity index (χ0) is 42.5. The van der Waals surface area contributed by atoms with Gasteiger partial charge in [0.1, 0.15) is 22.9 Å². The highest BCUT2D eigenvalue weighted by atomic mass is 35.5. The number of alkyl halides is 3. The Balaban J connectivity index is 1.21. The van der Waals surface area contributed by atoms with E-state index in [0.29, 0.717) is 61.1 Å². The van der Waals surface area contributed by atoms with Crippen LogP contribution in [0.15, 0.2) is 60.9 Å². The molecular weight excluding hydrogens is 775 g/mol. The van der Waals surface area contributed by atoms with Gasteiger partial charge in [-0.05, 0) is 48.4 Å². The number of aromatic amines is 1. The summed E-state index contributed by atoms with van der Waals surface area (Å²) in [6.45, 7) is 17.6. The minimum absolute atomic E-state index is 0.0236. The normalized spacial score (nSPS) is 20.3. The summed E-state index contributed by atoms with van der Waals surface area (Å²) in [7, 11) is 0. The first-order chi connectivity index (χ1) is 27.0. The number of carboxylic acid groups (broad SMARTS) is 1. The van der Waals surface area contributed by atoms with E-state index in [1.807, 2.05) is 60.3 Å². The standard InChI is InChI=1S/C42H49ClF3N7O5/c1-24-19-41(40(6,7)8,53(22-24)38(56)57)36-48-21-32(50-36)27-11-9-26(10-12-27)29-17-30(43)31(18-33(29)58-42(44,45)46)49-35(54)28-13-14-34(47-20-28)52-16-15-51(23-25(52)2)37(55)39(3,4)5/h9-14,17-18,20-21,24-25H,15-16,19,22-23H2,1-8H3,(H,48,50)(H,49,54)(H,56,57)/t24-,25?,41+/m0/s1. The number of carbonyl (C=O) groups excluding carboxylic acids is 2. The molecule has 58 heavy (non-hydrogen) atoms. The summed E-state index contributed by atoms with van der Waals surface area (Å²) >= 11 is 6.58. The lowest BCUT2D eigenvalue weighted by Gasteiger charge is -2.45. The number of likely N-dealkylation sites (tertiary alicyclic amines) is 1. The second-order valence-corrected chi connectivity index (χ2v) is 17.7. The van der Waals surface area contributed by atoms with Crippen molar-refractivity contribution in [2.24, 2.45) is 16.7 Å². The zero-order valence-corrected chi connectivity index (χ0v) is 34.5. The third-order valence-corrected chi connectivity index (χ3v) is 11.2. The molecule has 2 aromatic heterocycles. The summed E-state index contributed by atoms with van der Waals surface area (Å²) in [6, 6.07) is 12.1. The molecule has 1 unspecified atom stereocenters. The Morgan fingerprint density at radius 3 is 2.21 bits per heavy atom. The van der Waals surface area contributed by atoms with Crippen LogP contribution in [0.3, 0.4) is 0 Å². The van der Waals surface area contributed by atoms with Gasteiger partial charge >= 0.3 is 12.5 Å². The quantitative estimate of drug-likeness (QED) is 0.167. The summed E-state index contributed by atoms with van der Waals surface area (Å²) < 4.78 is 45.6. The van der Waals surface area contributed by atoms with Crippen molar-refractivity contribution in [2.75, 3.05) is 36.4 Å². The molecule has 0 radical (unpaired) electrons. The van der Waals surface area contributed by atoms with Crippen LogP contribution in [0.1, 0.15) is 78.0 Å². The lowest BCUT2D eigenvalue weighted by molar-refractivity contribution is -0.274. The van der Waals surface area contributed by atoms with Crippen molar-refractivity contribution < 1.29 is 37.4 Å². The number of aromatic nitrogens is 3. The highest BCUT2D eigenvalue weighted by molar-refractivity contribution is 6.34. The van der Waals surface area contributed by atoms with Crippen molar-refractivity contribution in [3.05, 3.63) is 77.3 Å². The van der Waals surface area contributed by atoms with Crippen LogP contribution >= 0.6 is 11.6 Å². The highest BCUT2D eigenvalue weighted by Crippen LogP contribution is 2.52. The van der Waals surface area contributed by atoms with Crippen molar-refractivity contribution in [3.63, 3.8) is 0 Å². The van der Waals surface area contributed by atoms with Gasteiger partial charge in [0.05, 0.1) is 22.0 Å². The first-order valence-corrected chi connectivity index (χ1v) is 19.5. The van der Waals surface area contributed by atoms with Crippen LogP contribution in [-0.2, 0) is 10.3 Å². The number of benzene rings is 2. The molecular formula is C42H49ClF3N7O5. The first-order valence-electron chi connectivity index (χ1n) is 19.1. The molecule has 2 aliphatic rings. The Bertz CT molecular complexity index is 2180. The molecule has 2 aromatic carbocycles. The van der Waals surface area contributed by atoms with Crippen molar-refractivity contribution in [2.45, 2.75) is 79.8 Å². The summed E-state index contributed by atoms with van der Waals surface area (Å²) in [5, 5.41) is 12.7. The number of rotatable bonds is 7. The number of ether oxygens (including phenoxy) is 1. The van der Waals surface area contributed by atoms with Crippen LogP contribution in [0.4, 0.5) is 29.5 Å². The van der Waals surface area contributed by atoms with E-state index in [2.05, 4.69) is 24.9 Å². The Hall–Kier alpha value is -5.31. The van der Waals surface area contributed by atoms with Crippen molar-refractivity contribution in [1.29, 1.82) is 0 Å². The molecule has 4 aromatic rings. The number of imidazole rings is 1. The number of nitrogens with zero attached hydrogens (tertiary/aromatic N) is 5. The van der Waals surface area contributed by atoms with Crippen LogP contribution in [0.2, 0.25) is 5.02 Å². The number of piperazine rings is 1. The molecule has 2 aliphatic heterocycles. The van der Waals surface area contributed by atoms with Gasteiger partial charge in [0, 0.05) is 67.2 Å². The van der Waals surface area contributed by atoms with Crippen molar-refractivity contribution in [1.82, 2.24) is 24.8 Å². The Morgan fingerprint density at radius 1 is 0.966 bits per heavy atom. The predicted octanol–water partition coefficient (Wildman–Crippen LogP) is 9.29. The van der Waals surface area contributed by atoms with Crippen molar-refractivity contribution >= 4 is 41.0 Å². The topological polar surface area (TPSA) is 144 Å². The molecule has 0 bridgehead atoms. The number of nitrogens with one attached hydrogen (secondary N) is 2. The third-order valence-electron chi connectivity index (χ3n) is 10.9. The van der Waals surface area contributed by atoms with Gasteiger partial charge in [-0.1, -0.05) is 84.3 Å². The molecule has 2 saturated heterocycles. The van der Waals surface area contributed by atoms with E-state index in [0.717, 1.165) is 6.07 Å². The maximum atomic E-state index is 13.7. The lowest BCUT2D eigenvalue weighted by atomic mass is 9.70. The van der Waals surface area contributed by atoms with Gasteiger partial charge in [0.2, 0.25) is 5.91 Å².